The Morgan fingerprint density at radius 2 is 2.00 bits per heavy atom. The topological polar surface area (TPSA) is 17.1 Å². The zero-order valence-electron chi connectivity index (χ0n) is 11.2. The molecule has 0 aliphatic heterocycles. The summed E-state index contributed by atoms with van der Waals surface area (Å²) in [6.45, 7) is 2.27. The second kappa shape index (κ2) is 6.37. The molecule has 17 heavy (non-hydrogen) atoms. The molecule has 1 heteroatoms. The van der Waals surface area contributed by atoms with Crippen molar-refractivity contribution in [2.75, 3.05) is 0 Å². The molecule has 0 atom stereocenters. The molecule has 1 saturated carbocycles. The number of carbonyl (C=O) groups excluding carboxylic acids is 1. The Morgan fingerprint density at radius 1 is 1.24 bits per heavy atom. The van der Waals surface area contributed by atoms with Crippen LogP contribution in [0.4, 0.5) is 0 Å². The highest BCUT2D eigenvalue weighted by molar-refractivity contribution is 5.97. The first kappa shape index (κ1) is 12.9. The van der Waals surface area contributed by atoms with Crippen molar-refractivity contribution >= 4 is 5.78 Å². The van der Waals surface area contributed by atoms with Gasteiger partial charge in [0.1, 0.15) is 0 Å². The smallest absolute Gasteiger partial charge is 0.161 e. The van der Waals surface area contributed by atoms with E-state index < -0.39 is 0 Å². The Morgan fingerprint density at radius 3 is 2.59 bits per heavy atom. The number of carbonyl (C=O) groups is 1. The van der Waals surface area contributed by atoms with Crippen LogP contribution in [0.1, 0.15) is 71.1 Å². The fourth-order valence-corrected chi connectivity index (χ4v) is 3.45. The lowest BCUT2D eigenvalue weighted by Crippen LogP contribution is -2.23. The first-order chi connectivity index (χ1) is 8.31. The van der Waals surface area contributed by atoms with E-state index in [-0.39, 0.29) is 0 Å². The molecule has 0 heterocycles. The molecule has 0 unspecified atom stereocenters. The summed E-state index contributed by atoms with van der Waals surface area (Å²) >= 11 is 0. The first-order valence-corrected chi connectivity index (χ1v) is 7.54. The fraction of sp³-hybridized carbons (Fsp3) is 0.812. The summed E-state index contributed by atoms with van der Waals surface area (Å²) in [5, 5.41) is 0. The third-order valence-corrected chi connectivity index (χ3v) is 4.52. The highest BCUT2D eigenvalue weighted by Gasteiger charge is 2.27. The quantitative estimate of drug-likeness (QED) is 0.691. The molecule has 0 amide bonds. The lowest BCUT2D eigenvalue weighted by Gasteiger charge is -2.28. The molecular formula is C16H26O. The Bertz CT molecular complexity index is 282. The third-order valence-electron chi connectivity index (χ3n) is 4.52. The molecule has 2 rings (SSSR count). The normalized spacial score (nSPS) is 29.8. The molecule has 1 fully saturated rings. The van der Waals surface area contributed by atoms with Gasteiger partial charge in [-0.2, -0.15) is 0 Å². The molecule has 0 saturated heterocycles. The van der Waals surface area contributed by atoms with E-state index in [4.69, 9.17) is 0 Å². The van der Waals surface area contributed by atoms with E-state index in [0.717, 1.165) is 37.2 Å². The lowest BCUT2D eigenvalue weighted by molar-refractivity contribution is -0.120. The lowest BCUT2D eigenvalue weighted by atomic mass is 9.76. The minimum absolute atomic E-state index is 0.368. The van der Waals surface area contributed by atoms with E-state index in [0.29, 0.717) is 11.7 Å². The van der Waals surface area contributed by atoms with Crippen LogP contribution in [0.3, 0.4) is 0 Å². The number of Topliss-reactive ketones (excluding diaryl/α,β-unsaturated/α-hetero) is 1. The van der Waals surface area contributed by atoms with Crippen molar-refractivity contribution in [1.82, 2.24) is 0 Å². The molecule has 0 N–H and O–H groups in total. The number of hydrogen-bond donors (Lipinski definition) is 0. The third kappa shape index (κ3) is 3.43. The van der Waals surface area contributed by atoms with Crippen molar-refractivity contribution in [3.05, 3.63) is 11.6 Å². The molecule has 0 radical (unpaired) electrons. The zero-order valence-corrected chi connectivity index (χ0v) is 11.2. The molecule has 0 aromatic rings. The van der Waals surface area contributed by atoms with Gasteiger partial charge in [-0.3, -0.25) is 4.79 Å². The van der Waals surface area contributed by atoms with Crippen molar-refractivity contribution in [2.45, 2.75) is 71.1 Å². The van der Waals surface area contributed by atoms with Crippen LogP contribution in [0.2, 0.25) is 0 Å². The van der Waals surface area contributed by atoms with Gasteiger partial charge in [-0.15, -0.1) is 0 Å². The number of allylic oxidation sites excluding steroid dienone is 2. The SMILES string of the molecule is CCCC1CCC(C(=O)C2=CCCCC2)CC1. The number of rotatable bonds is 4. The summed E-state index contributed by atoms with van der Waals surface area (Å²) in [6, 6.07) is 0. The molecule has 0 bridgehead atoms. The Labute approximate surface area is 106 Å². The van der Waals surface area contributed by atoms with Gasteiger partial charge < -0.3 is 0 Å². The highest BCUT2D eigenvalue weighted by Crippen LogP contribution is 2.34. The molecule has 96 valence electrons. The van der Waals surface area contributed by atoms with Crippen LogP contribution < -0.4 is 0 Å². The summed E-state index contributed by atoms with van der Waals surface area (Å²) in [7, 11) is 0. The van der Waals surface area contributed by atoms with E-state index in [2.05, 4.69) is 13.0 Å². The molecule has 0 spiro atoms. The van der Waals surface area contributed by atoms with Crippen LogP contribution in [0.25, 0.3) is 0 Å². The van der Waals surface area contributed by atoms with Crippen molar-refractivity contribution in [3.63, 3.8) is 0 Å². The van der Waals surface area contributed by atoms with Crippen LogP contribution >= 0.6 is 0 Å². The van der Waals surface area contributed by atoms with Crippen molar-refractivity contribution < 1.29 is 4.79 Å². The number of hydrogen-bond acceptors (Lipinski definition) is 1. The summed E-state index contributed by atoms with van der Waals surface area (Å²) < 4.78 is 0. The first-order valence-electron chi connectivity index (χ1n) is 7.54. The van der Waals surface area contributed by atoms with E-state index in [1.165, 1.54) is 38.5 Å². The molecule has 2 aliphatic rings. The highest BCUT2D eigenvalue weighted by atomic mass is 16.1. The molecule has 0 aromatic carbocycles. The Balaban J connectivity index is 1.83. The van der Waals surface area contributed by atoms with Crippen LogP contribution in [0, 0.1) is 11.8 Å². The largest absolute Gasteiger partial charge is 0.294 e. The summed E-state index contributed by atoms with van der Waals surface area (Å²) in [5.74, 6) is 1.77. The molecule has 1 nitrogen and oxygen atoms in total. The van der Waals surface area contributed by atoms with Gasteiger partial charge in [-0.1, -0.05) is 25.8 Å². The van der Waals surface area contributed by atoms with Gasteiger partial charge in [0.2, 0.25) is 0 Å². The maximum Gasteiger partial charge on any atom is 0.161 e. The standard InChI is InChI=1S/C16H26O/c1-2-6-13-9-11-15(12-10-13)16(17)14-7-4-3-5-8-14/h7,13,15H,2-6,8-12H2,1H3. The van der Waals surface area contributed by atoms with Gasteiger partial charge in [0.15, 0.2) is 5.78 Å². The van der Waals surface area contributed by atoms with E-state index in [1.807, 2.05) is 0 Å². The van der Waals surface area contributed by atoms with Gasteiger partial charge in [0.25, 0.3) is 0 Å². The van der Waals surface area contributed by atoms with Crippen LogP contribution in [0.15, 0.2) is 11.6 Å². The second-order valence-electron chi connectivity index (χ2n) is 5.85. The monoisotopic (exact) mass is 234 g/mol. The summed E-state index contributed by atoms with van der Waals surface area (Å²) in [5.41, 5.74) is 1.16. The summed E-state index contributed by atoms with van der Waals surface area (Å²) in [4.78, 5) is 12.3. The van der Waals surface area contributed by atoms with Gasteiger partial charge >= 0.3 is 0 Å². The average Bonchev–Trinajstić information content (AvgIpc) is 2.40. The molecule has 2 aliphatic carbocycles. The minimum atomic E-state index is 0.368. The van der Waals surface area contributed by atoms with Crippen LogP contribution in [-0.2, 0) is 4.79 Å². The molecular weight excluding hydrogens is 208 g/mol. The zero-order chi connectivity index (χ0) is 12.1. The van der Waals surface area contributed by atoms with E-state index in [9.17, 15) is 4.79 Å². The van der Waals surface area contributed by atoms with Gasteiger partial charge in [0.05, 0.1) is 0 Å². The predicted octanol–water partition coefficient (Wildman–Crippen LogP) is 4.66. The van der Waals surface area contributed by atoms with E-state index >= 15 is 0 Å². The number of ketones is 1. The predicted molar refractivity (Wildman–Crippen MR) is 71.9 cm³/mol. The van der Waals surface area contributed by atoms with Crippen LogP contribution in [-0.4, -0.2) is 5.78 Å². The fourth-order valence-electron chi connectivity index (χ4n) is 3.45. The van der Waals surface area contributed by atoms with Crippen LogP contribution in [0.5, 0.6) is 0 Å². The van der Waals surface area contributed by atoms with Crippen molar-refractivity contribution in [3.8, 4) is 0 Å². The van der Waals surface area contributed by atoms with Gasteiger partial charge in [-0.05, 0) is 62.9 Å². The van der Waals surface area contributed by atoms with Crippen molar-refractivity contribution in [2.24, 2.45) is 11.8 Å². The van der Waals surface area contributed by atoms with E-state index in [1.54, 1.807) is 0 Å². The average molecular weight is 234 g/mol. The van der Waals surface area contributed by atoms with Crippen molar-refractivity contribution in [1.29, 1.82) is 0 Å². The van der Waals surface area contributed by atoms with Gasteiger partial charge in [-0.25, -0.2) is 0 Å². The Kier molecular flexibility index (Phi) is 4.82. The minimum Gasteiger partial charge on any atom is -0.294 e. The maximum atomic E-state index is 12.3. The second-order valence-corrected chi connectivity index (χ2v) is 5.85. The Hall–Kier alpha value is -0.590. The molecule has 0 aromatic heterocycles. The summed E-state index contributed by atoms with van der Waals surface area (Å²) in [6.07, 6.45) is 14.4. The van der Waals surface area contributed by atoms with Gasteiger partial charge in [0, 0.05) is 5.92 Å². The maximum absolute atomic E-state index is 12.3.